The Morgan fingerprint density at radius 3 is 1.03 bits per heavy atom. The van der Waals surface area contributed by atoms with Gasteiger partial charge in [-0.05, 0) is 173 Å². The van der Waals surface area contributed by atoms with Crippen LogP contribution in [0.15, 0.2) is 344 Å². The predicted octanol–water partition coefficient (Wildman–Crippen LogP) is 26.2. The fourth-order valence-corrected chi connectivity index (χ4v) is 18.8. The number of thiophene rings is 3. The van der Waals surface area contributed by atoms with Crippen LogP contribution in [0.25, 0.3) is 215 Å². The van der Waals surface area contributed by atoms with Crippen molar-refractivity contribution in [3.05, 3.63) is 380 Å². The Labute approximate surface area is 763 Å². The van der Waals surface area contributed by atoms with Gasteiger partial charge in [-0.1, -0.05) is 156 Å². The van der Waals surface area contributed by atoms with Crippen LogP contribution in [-0.4, -0.2) is 57.3 Å². The number of hydrogen-bond acceptors (Lipinski definition) is 9. The van der Waals surface area contributed by atoms with Crippen LogP contribution in [0.4, 0.5) is 0 Å². The van der Waals surface area contributed by atoms with E-state index in [1.807, 2.05) is 48.8 Å². The maximum atomic E-state index is 4.97. The molecule has 0 aliphatic heterocycles. The average Bonchev–Trinajstić information content (AvgIpc) is 1.59. The van der Waals surface area contributed by atoms with Gasteiger partial charge in [-0.3, -0.25) is 19.9 Å². The van der Waals surface area contributed by atoms with Crippen LogP contribution in [0.1, 0.15) is 0 Å². The Bertz CT molecular complexity index is 7740. The van der Waals surface area contributed by atoms with Gasteiger partial charge in [-0.15, -0.1) is 195 Å². The second kappa shape index (κ2) is 33.8. The molecule has 0 fully saturated rings. The summed E-state index contributed by atoms with van der Waals surface area (Å²) < 4.78 is 13.2. The van der Waals surface area contributed by atoms with Crippen molar-refractivity contribution in [3.63, 3.8) is 0 Å². The molecule has 24 rings (SSSR count). The van der Waals surface area contributed by atoms with Crippen LogP contribution in [0.3, 0.4) is 0 Å². The number of imidazole rings is 3. The summed E-state index contributed by atoms with van der Waals surface area (Å²) in [6.07, 6.45) is 3.82. The molecular weight excluding hydrogens is 2110 g/mol. The molecule has 0 unspecified atom stereocenters. The van der Waals surface area contributed by atoms with E-state index in [4.69, 9.17) is 29.9 Å². The van der Waals surface area contributed by atoms with E-state index in [2.05, 4.69) is 380 Å². The van der Waals surface area contributed by atoms with Crippen molar-refractivity contribution >= 4 is 133 Å². The van der Waals surface area contributed by atoms with E-state index in [9.17, 15) is 0 Å². The van der Waals surface area contributed by atoms with Gasteiger partial charge >= 0.3 is 63.2 Å². The van der Waals surface area contributed by atoms with Crippen molar-refractivity contribution in [2.45, 2.75) is 0 Å². The first-order chi connectivity index (χ1) is 59.2. The quantitative estimate of drug-likeness (QED) is 0.113. The van der Waals surface area contributed by atoms with Gasteiger partial charge in [0.1, 0.15) is 0 Å². The number of aromatic nitrogens is 12. The molecule has 18 heteroatoms. The minimum atomic E-state index is 0. The molecule has 0 radical (unpaired) electrons. The number of hydrogen-bond donors (Lipinski definition) is 0. The Morgan fingerprint density at radius 2 is 0.626 bits per heavy atom. The molecule has 12 heterocycles. The third-order valence-electron chi connectivity index (χ3n) is 22.4. The summed E-state index contributed by atoms with van der Waals surface area (Å²) in [5.41, 5.74) is 27.1. The Morgan fingerprint density at radius 1 is 0.252 bits per heavy atom. The van der Waals surface area contributed by atoms with Crippen molar-refractivity contribution < 1.29 is 63.2 Å². The zero-order valence-electron chi connectivity index (χ0n) is 65.9. The molecule has 0 saturated heterocycles. The van der Waals surface area contributed by atoms with Crippen molar-refractivity contribution in [2.24, 2.45) is 21.1 Å². The molecule has 12 aromatic heterocycles. The van der Waals surface area contributed by atoms with E-state index >= 15 is 0 Å². The number of fused-ring (bicyclic) bond motifs is 12. The summed E-state index contributed by atoms with van der Waals surface area (Å²) >= 11 is 5.15. The van der Waals surface area contributed by atoms with Crippen LogP contribution in [0, 0.1) is 36.4 Å². The second-order valence-electron chi connectivity index (χ2n) is 29.5. The fourth-order valence-electron chi connectivity index (χ4n) is 16.7. The molecular formula is C105H66N12Pt3S3. The molecule has 0 aliphatic rings. The molecule has 0 aliphatic carbocycles. The maximum absolute atomic E-state index is 4.97. The zero-order valence-corrected chi connectivity index (χ0v) is 75.2. The minimum Gasteiger partial charge on any atom is -0.367 e. The average molecular weight is 2180 g/mol. The molecule has 0 atom stereocenters. The summed E-state index contributed by atoms with van der Waals surface area (Å²) in [6.45, 7) is 0. The summed E-state index contributed by atoms with van der Waals surface area (Å²) in [5, 5.41) is 13.3. The molecule has 12 aromatic carbocycles. The predicted molar refractivity (Wildman–Crippen MR) is 494 cm³/mol. The number of para-hydroxylation sites is 9. The first-order valence-corrected chi connectivity index (χ1v) is 42.1. The van der Waals surface area contributed by atoms with Gasteiger partial charge < -0.3 is 37.4 Å². The van der Waals surface area contributed by atoms with Crippen LogP contribution in [0.5, 0.6) is 0 Å². The normalized spacial score (nSPS) is 11.3. The molecule has 594 valence electrons. The fraction of sp³-hybridized carbons (Fsp3) is 0.0286. The maximum Gasteiger partial charge on any atom is 2.00 e. The zero-order chi connectivity index (χ0) is 79.9. The number of aryl methyl sites for hydroxylation is 3. The molecule has 12 nitrogen and oxygen atoms in total. The van der Waals surface area contributed by atoms with E-state index in [0.717, 1.165) is 189 Å². The van der Waals surface area contributed by atoms with Crippen LogP contribution >= 0.6 is 34.0 Å². The van der Waals surface area contributed by atoms with Gasteiger partial charge in [0.15, 0.2) is 0 Å². The number of nitrogens with zero attached hydrogens (tertiary/aromatic N) is 12. The van der Waals surface area contributed by atoms with Crippen LogP contribution in [-0.2, 0) is 84.3 Å². The molecule has 0 amide bonds. The Balaban J connectivity index is 0.000000120. The van der Waals surface area contributed by atoms with Gasteiger partial charge in [0.2, 0.25) is 0 Å². The van der Waals surface area contributed by atoms with Gasteiger partial charge in [-0.25, -0.2) is 0 Å². The van der Waals surface area contributed by atoms with Crippen LogP contribution in [0.2, 0.25) is 0 Å². The topological polar surface area (TPSA) is 107 Å². The van der Waals surface area contributed by atoms with Crippen molar-refractivity contribution in [1.82, 2.24) is 57.3 Å². The SMILES string of the molecule is Cn1c(-c2[c-]c3c(cc2)c2ccccc2n3-c2[c-]c(-c3cc(-c4cccs4)ccn3)ccc2)nc2ccccc21.Cn1c(-c2[c-]c3c(cc2)c2ccccc2n3-c2[c-]c(-c3ccc(-c4cccs4)cn3)ccc2)nc2ccccc21.Cn1c(-c2[c-]c3c(cc2)c2ccccc2n3-c2[c-]c(-c3cccc(-c4cccs4)n3)ccc2)nc2ccccc21.[Pt+2].[Pt+2].[Pt+2]. The minimum absolute atomic E-state index is 0. The standard InChI is InChI=1S/3C35H22N4S.3Pt/c1-38-32-16-5-3-12-29(32)37-35(38)24-18-19-27-26-11-2-4-15-31(26)39(33(27)22-24)25-10-6-9-23(21-25)28-13-7-14-30(36-28)34-17-8-20-40-34;1-38-32-13-5-3-11-30(32)37-35(38)24-15-17-28-27-10-2-4-12-31(27)39(33(28)21-24)26-9-6-8-23(20-26)29-18-16-25(22-36-29)34-14-7-19-40-34;1-38-32-13-5-3-11-29(32)37-35(38)25-15-16-28-27-10-2-4-12-31(27)39(33(28)22-25)26-9-6-8-23(20-26)30-21-24(17-18-36-30)34-14-7-19-40-34;;;/h2-20H,1H3;2-19,22H,1H3;2-19,21H,1H3;;;/q3*-2;3*+2. The van der Waals surface area contributed by atoms with E-state index < -0.39 is 0 Å². The first kappa shape index (κ1) is 79.8. The number of pyridine rings is 3. The Kier molecular flexibility index (Phi) is 21.9. The summed E-state index contributed by atoms with van der Waals surface area (Å²) in [6, 6.07) is 131. The molecule has 123 heavy (non-hydrogen) atoms. The van der Waals surface area contributed by atoms with E-state index in [1.54, 1.807) is 34.0 Å². The molecule has 0 bridgehead atoms. The van der Waals surface area contributed by atoms with E-state index in [1.165, 1.54) is 25.9 Å². The third kappa shape index (κ3) is 14.6. The van der Waals surface area contributed by atoms with E-state index in [0.29, 0.717) is 0 Å². The monoisotopic (exact) mass is 2180 g/mol. The number of rotatable bonds is 12. The van der Waals surface area contributed by atoms with Crippen molar-refractivity contribution in [1.29, 1.82) is 0 Å². The summed E-state index contributed by atoms with van der Waals surface area (Å²) in [5.74, 6) is 2.69. The Hall–Kier alpha value is -12.9. The molecule has 0 spiro atoms. The van der Waals surface area contributed by atoms with Crippen molar-refractivity contribution in [3.8, 4) is 116 Å². The van der Waals surface area contributed by atoms with Crippen molar-refractivity contribution in [2.75, 3.05) is 0 Å². The van der Waals surface area contributed by atoms with Crippen LogP contribution < -0.4 is 0 Å². The van der Waals surface area contributed by atoms with Gasteiger partial charge in [0, 0.05) is 65.4 Å². The summed E-state index contributed by atoms with van der Waals surface area (Å²) in [4.78, 5) is 32.9. The second-order valence-corrected chi connectivity index (χ2v) is 32.3. The third-order valence-corrected chi connectivity index (χ3v) is 25.1. The van der Waals surface area contributed by atoms with Gasteiger partial charge in [0.25, 0.3) is 0 Å². The van der Waals surface area contributed by atoms with Gasteiger partial charge in [-0.2, -0.15) is 0 Å². The van der Waals surface area contributed by atoms with Gasteiger partial charge in [0.05, 0.1) is 61.1 Å². The summed E-state index contributed by atoms with van der Waals surface area (Å²) in [7, 11) is 6.19. The smallest absolute Gasteiger partial charge is 0.367 e. The molecule has 24 aromatic rings. The van der Waals surface area contributed by atoms with E-state index in [-0.39, 0.29) is 63.2 Å². The molecule has 0 saturated carbocycles. The molecule has 0 N–H and O–H groups in total. The number of benzene rings is 12. The largest absolute Gasteiger partial charge is 2.00 e. The first-order valence-electron chi connectivity index (χ1n) is 39.5.